The van der Waals surface area contributed by atoms with Crippen molar-refractivity contribution >= 4 is 11.9 Å². The first-order valence-corrected chi connectivity index (χ1v) is 17.1. The Bertz CT molecular complexity index is 738. The first-order chi connectivity index (χ1) is 20.5. The molecule has 1 atom stereocenters. The first-order valence-electron chi connectivity index (χ1n) is 17.1. The number of rotatable bonds is 29. The molecule has 0 unspecified atom stereocenters. The van der Waals surface area contributed by atoms with Crippen molar-refractivity contribution in [1.29, 1.82) is 0 Å². The zero-order valence-electron chi connectivity index (χ0n) is 27.8. The predicted octanol–water partition coefficient (Wildman–Crippen LogP) is 10.1. The van der Waals surface area contributed by atoms with E-state index in [9.17, 15) is 9.59 Å². The normalized spacial score (nSPS) is 12.9. The van der Waals surface area contributed by atoms with E-state index in [1.807, 2.05) is 14.1 Å². The Balaban J connectivity index is 4.01. The summed E-state index contributed by atoms with van der Waals surface area (Å²) in [6, 6.07) is 0. The van der Waals surface area contributed by atoms with Crippen LogP contribution < -0.4 is 0 Å². The number of esters is 2. The van der Waals surface area contributed by atoms with Crippen LogP contribution in [0.2, 0.25) is 0 Å². The van der Waals surface area contributed by atoms with Gasteiger partial charge in [-0.25, -0.2) is 0 Å². The Kier molecular flexibility index (Phi) is 30.2. The van der Waals surface area contributed by atoms with E-state index in [-0.39, 0.29) is 24.6 Å². The van der Waals surface area contributed by atoms with Crippen LogP contribution in [0.5, 0.6) is 0 Å². The molecular formula is C37H65NO4. The summed E-state index contributed by atoms with van der Waals surface area (Å²) in [5, 5.41) is 0. The van der Waals surface area contributed by atoms with Gasteiger partial charge in [-0.15, -0.1) is 0 Å². The van der Waals surface area contributed by atoms with Gasteiger partial charge < -0.3 is 14.4 Å². The molecule has 0 aromatic carbocycles. The molecule has 0 radical (unpaired) electrons. The molecule has 0 rings (SSSR count). The molecule has 0 aromatic rings. The van der Waals surface area contributed by atoms with Gasteiger partial charge in [0.15, 0.2) is 0 Å². The van der Waals surface area contributed by atoms with E-state index in [1.165, 1.54) is 51.4 Å². The van der Waals surface area contributed by atoms with Gasteiger partial charge in [0.05, 0.1) is 0 Å². The summed E-state index contributed by atoms with van der Waals surface area (Å²) in [7, 11) is 3.98. The van der Waals surface area contributed by atoms with E-state index >= 15 is 0 Å². The fourth-order valence-electron chi connectivity index (χ4n) is 4.35. The summed E-state index contributed by atoms with van der Waals surface area (Å²) in [6.45, 7) is 5.29. The van der Waals surface area contributed by atoms with Crippen LogP contribution in [0.15, 0.2) is 48.6 Å². The Morgan fingerprint density at radius 1 is 0.595 bits per heavy atom. The second-order valence-electron chi connectivity index (χ2n) is 11.5. The van der Waals surface area contributed by atoms with Crippen molar-refractivity contribution < 1.29 is 19.1 Å². The number of allylic oxidation sites excluding steroid dienone is 8. The van der Waals surface area contributed by atoms with E-state index < -0.39 is 0 Å². The Morgan fingerprint density at radius 3 is 1.48 bits per heavy atom. The molecule has 0 aliphatic rings. The van der Waals surface area contributed by atoms with Gasteiger partial charge in [0.25, 0.3) is 0 Å². The van der Waals surface area contributed by atoms with Gasteiger partial charge in [-0.1, -0.05) is 68.9 Å². The van der Waals surface area contributed by atoms with Crippen LogP contribution in [0.25, 0.3) is 0 Å². The molecule has 42 heavy (non-hydrogen) atoms. The topological polar surface area (TPSA) is 55.8 Å². The Labute approximate surface area is 259 Å². The number of ether oxygens (including phenoxy) is 2. The fraction of sp³-hybridized carbons (Fsp3) is 0.730. The van der Waals surface area contributed by atoms with Gasteiger partial charge in [0, 0.05) is 25.8 Å². The van der Waals surface area contributed by atoms with Gasteiger partial charge in [0.1, 0.15) is 12.7 Å². The minimum absolute atomic E-state index is 0.142. The molecule has 0 aliphatic heterocycles. The second-order valence-corrected chi connectivity index (χ2v) is 11.5. The molecule has 0 N–H and O–H groups in total. The molecule has 0 saturated carbocycles. The van der Waals surface area contributed by atoms with E-state index in [0.717, 1.165) is 64.3 Å². The first kappa shape index (κ1) is 39.9. The number of unbranched alkanes of at least 4 members (excludes halogenated alkanes) is 11. The number of nitrogens with zero attached hydrogens (tertiary/aromatic N) is 1. The molecule has 0 bridgehead atoms. The molecule has 5 heteroatoms. The number of hydrogen-bond acceptors (Lipinski definition) is 5. The standard InChI is InChI=1S/C37H65NO4/c1-5-7-9-11-13-15-17-19-21-23-25-27-29-31-37(40)42-35(32-33-38(3)4)34-41-36(39)30-28-26-24-22-20-18-16-14-12-10-8-6-2/h8-11,20-23,35H,5-7,12-19,24-34H2,1-4H3/b10-8-,11-9-,22-20-,23-21-/t35-/m0/s1. The SMILES string of the molecule is CC/C=C\CCCC/C=C\CCCCC(=O)OC[C@H](CCN(C)C)OC(=O)CCCC/C=C\CCCC/C=C\CCC. The average Bonchev–Trinajstić information content (AvgIpc) is 2.97. The van der Waals surface area contributed by atoms with Crippen molar-refractivity contribution in [2.45, 2.75) is 148 Å². The van der Waals surface area contributed by atoms with Gasteiger partial charge >= 0.3 is 11.9 Å². The monoisotopic (exact) mass is 587 g/mol. The summed E-state index contributed by atoms with van der Waals surface area (Å²) in [4.78, 5) is 26.7. The van der Waals surface area contributed by atoms with Crippen LogP contribution in [-0.2, 0) is 19.1 Å². The van der Waals surface area contributed by atoms with Crippen molar-refractivity contribution in [3.63, 3.8) is 0 Å². The summed E-state index contributed by atoms with van der Waals surface area (Å²) < 4.78 is 11.2. The lowest BCUT2D eigenvalue weighted by atomic mass is 10.1. The lowest BCUT2D eigenvalue weighted by molar-refractivity contribution is -0.159. The fourth-order valence-corrected chi connectivity index (χ4v) is 4.35. The Morgan fingerprint density at radius 2 is 1.02 bits per heavy atom. The summed E-state index contributed by atoms with van der Waals surface area (Å²) >= 11 is 0. The van der Waals surface area contributed by atoms with Gasteiger partial charge in [-0.05, 0) is 117 Å². The van der Waals surface area contributed by atoms with Gasteiger partial charge in [-0.2, -0.15) is 0 Å². The summed E-state index contributed by atoms with van der Waals surface area (Å²) in [5.74, 6) is -0.399. The summed E-state index contributed by atoms with van der Waals surface area (Å²) in [5.41, 5.74) is 0. The third-order valence-electron chi connectivity index (χ3n) is 6.97. The van der Waals surface area contributed by atoms with Crippen LogP contribution in [0, 0.1) is 0 Å². The van der Waals surface area contributed by atoms with Crippen LogP contribution >= 0.6 is 0 Å². The maximum absolute atomic E-state index is 12.4. The summed E-state index contributed by atoms with van der Waals surface area (Å²) in [6.07, 6.45) is 37.9. The number of hydrogen-bond donors (Lipinski definition) is 0. The van der Waals surface area contributed by atoms with Gasteiger partial charge in [0.2, 0.25) is 0 Å². The lowest BCUT2D eigenvalue weighted by Crippen LogP contribution is -2.29. The van der Waals surface area contributed by atoms with Crippen molar-refractivity contribution in [3.8, 4) is 0 Å². The molecule has 0 saturated heterocycles. The Hall–Kier alpha value is -2.14. The van der Waals surface area contributed by atoms with E-state index in [0.29, 0.717) is 19.3 Å². The number of carbonyl (C=O) groups excluding carboxylic acids is 2. The highest BCUT2D eigenvalue weighted by Gasteiger charge is 2.17. The van der Waals surface area contributed by atoms with E-state index in [1.54, 1.807) is 0 Å². The maximum atomic E-state index is 12.4. The zero-order chi connectivity index (χ0) is 30.9. The highest BCUT2D eigenvalue weighted by molar-refractivity contribution is 5.70. The predicted molar refractivity (Wildman–Crippen MR) is 180 cm³/mol. The van der Waals surface area contributed by atoms with Crippen molar-refractivity contribution in [2.24, 2.45) is 0 Å². The van der Waals surface area contributed by atoms with E-state index in [4.69, 9.17) is 9.47 Å². The molecule has 0 aliphatic carbocycles. The van der Waals surface area contributed by atoms with Crippen molar-refractivity contribution in [1.82, 2.24) is 4.90 Å². The molecule has 0 spiro atoms. The van der Waals surface area contributed by atoms with Crippen LogP contribution in [-0.4, -0.2) is 50.2 Å². The molecule has 0 aromatic heterocycles. The smallest absolute Gasteiger partial charge is 0.306 e. The highest BCUT2D eigenvalue weighted by atomic mass is 16.6. The minimum atomic E-state index is -0.388. The average molecular weight is 588 g/mol. The van der Waals surface area contributed by atoms with Crippen LogP contribution in [0.1, 0.15) is 142 Å². The van der Waals surface area contributed by atoms with Gasteiger partial charge in [-0.3, -0.25) is 9.59 Å². The lowest BCUT2D eigenvalue weighted by Gasteiger charge is -2.20. The van der Waals surface area contributed by atoms with Crippen molar-refractivity contribution in [2.75, 3.05) is 27.2 Å². The highest BCUT2D eigenvalue weighted by Crippen LogP contribution is 2.10. The molecule has 5 nitrogen and oxygen atoms in total. The minimum Gasteiger partial charge on any atom is -0.462 e. The second kappa shape index (κ2) is 31.8. The maximum Gasteiger partial charge on any atom is 0.306 e. The van der Waals surface area contributed by atoms with Crippen LogP contribution in [0.4, 0.5) is 0 Å². The molecule has 0 fully saturated rings. The zero-order valence-corrected chi connectivity index (χ0v) is 27.8. The third-order valence-corrected chi connectivity index (χ3v) is 6.97. The van der Waals surface area contributed by atoms with Crippen LogP contribution in [0.3, 0.4) is 0 Å². The molecule has 242 valence electrons. The molecule has 0 amide bonds. The largest absolute Gasteiger partial charge is 0.462 e. The quantitative estimate of drug-likeness (QED) is 0.0495. The molecular weight excluding hydrogens is 522 g/mol. The molecule has 0 heterocycles. The van der Waals surface area contributed by atoms with E-state index in [2.05, 4.69) is 67.4 Å². The third kappa shape index (κ3) is 30.8. The number of carbonyl (C=O) groups is 2. The van der Waals surface area contributed by atoms with Crippen molar-refractivity contribution in [3.05, 3.63) is 48.6 Å².